The Kier molecular flexibility index (Phi) is 9.40. The Morgan fingerprint density at radius 2 is 1.73 bits per heavy atom. The van der Waals surface area contributed by atoms with Gasteiger partial charge in [0.15, 0.2) is 0 Å². The summed E-state index contributed by atoms with van der Waals surface area (Å²) in [6, 6.07) is 19.7. The summed E-state index contributed by atoms with van der Waals surface area (Å²) in [5.74, 6) is 0.105. The van der Waals surface area contributed by atoms with Crippen molar-refractivity contribution in [3.63, 3.8) is 0 Å². The third kappa shape index (κ3) is 7.78. The number of hydrogen-bond acceptors (Lipinski definition) is 5. The molecule has 7 nitrogen and oxygen atoms in total. The predicted octanol–water partition coefficient (Wildman–Crippen LogP) is 6.47. The van der Waals surface area contributed by atoms with Crippen LogP contribution in [0.2, 0.25) is 0 Å². The van der Waals surface area contributed by atoms with Gasteiger partial charge in [-0.05, 0) is 87.4 Å². The monoisotopic (exact) mass is 561 g/mol. The smallest absolute Gasteiger partial charge is 0.408 e. The van der Waals surface area contributed by atoms with Gasteiger partial charge in [0, 0.05) is 11.7 Å². The quantitative estimate of drug-likeness (QED) is 0.296. The van der Waals surface area contributed by atoms with Crippen LogP contribution in [0.25, 0.3) is 10.8 Å². The maximum atomic E-state index is 14.2. The molecule has 0 heterocycles. The van der Waals surface area contributed by atoms with E-state index in [1.807, 2.05) is 79.9 Å². The molecule has 2 unspecified atom stereocenters. The van der Waals surface area contributed by atoms with E-state index in [2.05, 4.69) is 10.6 Å². The Labute approximate surface area is 241 Å². The molecule has 1 aliphatic rings. The van der Waals surface area contributed by atoms with E-state index in [9.17, 15) is 14.4 Å². The Bertz CT molecular complexity index is 1370. The van der Waals surface area contributed by atoms with Gasteiger partial charge < -0.3 is 20.3 Å². The average Bonchev–Trinajstić information content (AvgIpc) is 3.73. The Morgan fingerprint density at radius 1 is 1.00 bits per heavy atom. The van der Waals surface area contributed by atoms with Gasteiger partial charge >= 0.3 is 6.09 Å². The summed E-state index contributed by atoms with van der Waals surface area (Å²) in [7, 11) is 0. The third-order valence-electron chi connectivity index (χ3n) is 6.70. The average molecular weight is 562 g/mol. The van der Waals surface area contributed by atoms with Gasteiger partial charge in [-0.1, -0.05) is 60.2 Å². The van der Waals surface area contributed by atoms with Gasteiger partial charge in [0.1, 0.15) is 17.7 Å². The number of carbonyl (C=O) groups is 3. The largest absolute Gasteiger partial charge is 0.444 e. The minimum atomic E-state index is -0.858. The lowest BCUT2D eigenvalue weighted by Gasteiger charge is -2.35. The van der Waals surface area contributed by atoms with Gasteiger partial charge in [0.25, 0.3) is 5.91 Å². The van der Waals surface area contributed by atoms with Crippen LogP contribution in [0.4, 0.5) is 10.5 Å². The molecule has 0 bridgehead atoms. The Morgan fingerprint density at radius 3 is 2.38 bits per heavy atom. The highest BCUT2D eigenvalue weighted by Gasteiger charge is 2.44. The van der Waals surface area contributed by atoms with Crippen LogP contribution in [0.1, 0.15) is 57.2 Å². The zero-order valence-electron chi connectivity index (χ0n) is 23.9. The van der Waals surface area contributed by atoms with Gasteiger partial charge in [-0.3, -0.25) is 9.59 Å². The fraction of sp³-hybridized carbons (Fsp3) is 0.406. The second kappa shape index (κ2) is 12.8. The van der Waals surface area contributed by atoms with Crippen molar-refractivity contribution < 1.29 is 19.1 Å². The summed E-state index contributed by atoms with van der Waals surface area (Å²) in [5, 5.41) is 7.97. The number of anilines is 1. The van der Waals surface area contributed by atoms with Crippen LogP contribution in [0, 0.1) is 6.92 Å². The lowest BCUT2D eigenvalue weighted by molar-refractivity contribution is -0.141. The highest BCUT2D eigenvalue weighted by atomic mass is 32.2. The zero-order chi connectivity index (χ0) is 28.9. The molecular formula is C32H39N3O4S. The van der Waals surface area contributed by atoms with Crippen LogP contribution in [0.15, 0.2) is 66.7 Å². The molecule has 0 radical (unpaired) electrons. The number of nitrogens with zero attached hydrogens (tertiary/aromatic N) is 1. The molecule has 3 aromatic carbocycles. The summed E-state index contributed by atoms with van der Waals surface area (Å²) >= 11 is 1.60. The number of alkyl carbamates (subject to hydrolysis) is 1. The van der Waals surface area contributed by atoms with Crippen LogP contribution in [0.5, 0.6) is 0 Å². The SMILES string of the molecule is CSCCC(NC(=O)OC(C)(C)C)C(=O)N(C1CC1)C(C(=O)Nc1ccc2ccccc2c1)c1cccc(C)c1. The number of thioether (sulfide) groups is 1. The molecule has 212 valence electrons. The van der Waals surface area contributed by atoms with E-state index < -0.39 is 23.8 Å². The lowest BCUT2D eigenvalue weighted by atomic mass is 10.00. The summed E-state index contributed by atoms with van der Waals surface area (Å²) in [6.07, 6.45) is 3.35. The van der Waals surface area contributed by atoms with Crippen LogP contribution < -0.4 is 10.6 Å². The van der Waals surface area contributed by atoms with E-state index in [0.29, 0.717) is 17.9 Å². The van der Waals surface area contributed by atoms with E-state index in [0.717, 1.165) is 34.7 Å². The van der Waals surface area contributed by atoms with Gasteiger partial charge in [-0.2, -0.15) is 11.8 Å². The second-order valence-corrected chi connectivity index (χ2v) is 12.3. The number of aryl methyl sites for hydroxylation is 1. The molecule has 1 fully saturated rings. The summed E-state index contributed by atoms with van der Waals surface area (Å²) in [4.78, 5) is 42.7. The first-order chi connectivity index (χ1) is 19.1. The molecule has 0 aliphatic heterocycles. The summed E-state index contributed by atoms with van der Waals surface area (Å²) < 4.78 is 5.47. The number of nitrogens with one attached hydrogen (secondary N) is 2. The molecule has 3 aromatic rings. The maximum absolute atomic E-state index is 14.2. The van der Waals surface area contributed by atoms with E-state index in [-0.39, 0.29) is 17.9 Å². The number of benzene rings is 3. The third-order valence-corrected chi connectivity index (χ3v) is 7.34. The van der Waals surface area contributed by atoms with E-state index in [4.69, 9.17) is 4.74 Å². The molecule has 1 aliphatic carbocycles. The van der Waals surface area contributed by atoms with Crippen LogP contribution in [0.3, 0.4) is 0 Å². The highest BCUT2D eigenvalue weighted by Crippen LogP contribution is 2.37. The minimum Gasteiger partial charge on any atom is -0.444 e. The first kappa shape index (κ1) is 29.5. The van der Waals surface area contributed by atoms with Crippen LogP contribution in [-0.4, -0.2) is 52.5 Å². The van der Waals surface area contributed by atoms with E-state index in [1.54, 1.807) is 37.4 Å². The van der Waals surface area contributed by atoms with Crippen molar-refractivity contribution in [2.45, 2.75) is 70.7 Å². The van der Waals surface area contributed by atoms with Crippen molar-refractivity contribution in [2.75, 3.05) is 17.3 Å². The van der Waals surface area contributed by atoms with Gasteiger partial charge in [0.2, 0.25) is 5.91 Å². The number of fused-ring (bicyclic) bond motifs is 1. The number of carbonyl (C=O) groups excluding carboxylic acids is 3. The summed E-state index contributed by atoms with van der Waals surface area (Å²) in [5.41, 5.74) is 1.70. The lowest BCUT2D eigenvalue weighted by Crippen LogP contribution is -2.53. The molecule has 1 saturated carbocycles. The fourth-order valence-corrected chi connectivity index (χ4v) is 5.22. The number of rotatable bonds is 10. The van der Waals surface area contributed by atoms with Gasteiger partial charge in [-0.25, -0.2) is 4.79 Å². The van der Waals surface area contributed by atoms with Crippen molar-refractivity contribution in [2.24, 2.45) is 0 Å². The molecule has 0 spiro atoms. The van der Waals surface area contributed by atoms with Gasteiger partial charge in [0.05, 0.1) is 0 Å². The van der Waals surface area contributed by atoms with Crippen molar-refractivity contribution in [3.8, 4) is 0 Å². The maximum Gasteiger partial charge on any atom is 0.408 e. The number of amides is 3. The second-order valence-electron chi connectivity index (χ2n) is 11.3. The molecule has 2 N–H and O–H groups in total. The number of ether oxygens (including phenoxy) is 1. The number of hydrogen-bond donors (Lipinski definition) is 2. The zero-order valence-corrected chi connectivity index (χ0v) is 24.7. The standard InChI is InChI=1S/C32H39N3O4S/c1-21-9-8-12-24(19-21)28(29(36)33-25-14-13-22-10-6-7-11-23(22)20-25)35(26-15-16-26)30(37)27(17-18-40-5)34-31(38)39-32(2,3)4/h6-14,19-20,26-28H,15-18H2,1-5H3,(H,33,36)(H,34,38). The fourth-order valence-electron chi connectivity index (χ4n) is 4.75. The molecule has 2 atom stereocenters. The first-order valence-corrected chi connectivity index (χ1v) is 15.1. The molecule has 3 amide bonds. The predicted molar refractivity (Wildman–Crippen MR) is 163 cm³/mol. The molecule has 40 heavy (non-hydrogen) atoms. The molecular weight excluding hydrogens is 522 g/mol. The topological polar surface area (TPSA) is 87.7 Å². The Hall–Kier alpha value is -3.52. The summed E-state index contributed by atoms with van der Waals surface area (Å²) in [6.45, 7) is 7.32. The molecule has 8 heteroatoms. The minimum absolute atomic E-state index is 0.0856. The Balaban J connectivity index is 1.68. The van der Waals surface area contributed by atoms with Crippen LogP contribution >= 0.6 is 11.8 Å². The van der Waals surface area contributed by atoms with Crippen molar-refractivity contribution in [1.82, 2.24) is 10.2 Å². The van der Waals surface area contributed by atoms with Crippen molar-refractivity contribution in [1.29, 1.82) is 0 Å². The molecule has 0 aromatic heterocycles. The molecule has 4 rings (SSSR count). The molecule has 0 saturated heterocycles. The van der Waals surface area contributed by atoms with Gasteiger partial charge in [-0.15, -0.1) is 0 Å². The van der Waals surface area contributed by atoms with Crippen molar-refractivity contribution >= 4 is 46.1 Å². The normalized spacial score (nSPS) is 14.7. The van der Waals surface area contributed by atoms with E-state index in [1.165, 1.54) is 0 Å². The first-order valence-electron chi connectivity index (χ1n) is 13.7. The van der Waals surface area contributed by atoms with E-state index >= 15 is 0 Å². The van der Waals surface area contributed by atoms with Crippen LogP contribution in [-0.2, 0) is 14.3 Å². The van der Waals surface area contributed by atoms with Crippen molar-refractivity contribution in [3.05, 3.63) is 77.9 Å². The highest BCUT2D eigenvalue weighted by molar-refractivity contribution is 7.98.